The molecule has 0 atom stereocenters. The molecule has 0 radical (unpaired) electrons. The van der Waals surface area contributed by atoms with E-state index in [4.69, 9.17) is 9.84 Å². The van der Waals surface area contributed by atoms with Crippen LogP contribution in [0.2, 0.25) is 0 Å². The second-order valence-corrected chi connectivity index (χ2v) is 3.55. The minimum atomic E-state index is -0.929. The van der Waals surface area contributed by atoms with Crippen molar-refractivity contribution in [1.29, 1.82) is 0 Å². The van der Waals surface area contributed by atoms with E-state index >= 15 is 0 Å². The minimum absolute atomic E-state index is 0.288. The summed E-state index contributed by atoms with van der Waals surface area (Å²) in [5, 5.41) is 9.98. The fourth-order valence-electron chi connectivity index (χ4n) is 1.83. The summed E-state index contributed by atoms with van der Waals surface area (Å²) in [7, 11) is 0. The van der Waals surface area contributed by atoms with Crippen LogP contribution in [0.5, 0.6) is 5.75 Å². The highest BCUT2D eigenvalue weighted by Gasteiger charge is 2.15. The number of aromatic amines is 1. The first-order valence-corrected chi connectivity index (χ1v) is 5.12. The molecule has 2 N–H and O–H groups in total. The van der Waals surface area contributed by atoms with Crippen LogP contribution in [0.15, 0.2) is 18.3 Å². The van der Waals surface area contributed by atoms with E-state index < -0.39 is 5.97 Å². The lowest BCUT2D eigenvalue weighted by Crippen LogP contribution is -2.02. The molecule has 1 aromatic heterocycles. The number of aromatic carboxylic acids is 1. The Bertz CT molecular complexity index is 542. The molecule has 0 aliphatic rings. The number of carbonyl (C=O) groups is 1. The number of aryl methyl sites for hydroxylation is 1. The van der Waals surface area contributed by atoms with E-state index in [2.05, 4.69) is 4.98 Å². The Labute approximate surface area is 92.9 Å². The third-order valence-electron chi connectivity index (χ3n) is 2.61. The number of fused-ring (bicyclic) bond motifs is 1. The van der Waals surface area contributed by atoms with Crippen LogP contribution in [0.4, 0.5) is 0 Å². The van der Waals surface area contributed by atoms with Crippen molar-refractivity contribution in [3.63, 3.8) is 0 Å². The van der Waals surface area contributed by atoms with Crippen LogP contribution < -0.4 is 4.74 Å². The van der Waals surface area contributed by atoms with Gasteiger partial charge in [0.15, 0.2) is 0 Å². The fourth-order valence-corrected chi connectivity index (χ4v) is 1.83. The summed E-state index contributed by atoms with van der Waals surface area (Å²) in [5.41, 5.74) is 1.90. The van der Waals surface area contributed by atoms with Gasteiger partial charge in [-0.05, 0) is 31.5 Å². The van der Waals surface area contributed by atoms with Crippen molar-refractivity contribution in [3.8, 4) is 5.75 Å². The quantitative estimate of drug-likeness (QED) is 0.833. The molecule has 2 aromatic rings. The Morgan fingerprint density at radius 3 is 2.94 bits per heavy atom. The van der Waals surface area contributed by atoms with Gasteiger partial charge in [-0.15, -0.1) is 0 Å². The van der Waals surface area contributed by atoms with Gasteiger partial charge >= 0.3 is 5.97 Å². The molecule has 0 bridgehead atoms. The zero-order valence-electron chi connectivity index (χ0n) is 9.20. The van der Waals surface area contributed by atoms with Crippen LogP contribution in [-0.4, -0.2) is 22.7 Å². The number of H-pyrrole nitrogens is 1. The first-order valence-electron chi connectivity index (χ1n) is 5.12. The largest absolute Gasteiger partial charge is 0.492 e. The number of rotatable bonds is 3. The standard InChI is InChI=1S/C12H13NO3/c1-3-16-10-6-9(12(14)15)7(2)8-4-5-13-11(8)10/h4-6,13H,3H2,1-2H3,(H,14,15). The van der Waals surface area contributed by atoms with Gasteiger partial charge in [-0.25, -0.2) is 4.79 Å². The molecule has 84 valence electrons. The van der Waals surface area contributed by atoms with E-state index in [0.29, 0.717) is 12.4 Å². The summed E-state index contributed by atoms with van der Waals surface area (Å²) in [4.78, 5) is 14.1. The van der Waals surface area contributed by atoms with Gasteiger partial charge in [0.25, 0.3) is 0 Å². The van der Waals surface area contributed by atoms with Gasteiger partial charge in [0.1, 0.15) is 5.75 Å². The minimum Gasteiger partial charge on any atom is -0.492 e. The number of hydrogen-bond donors (Lipinski definition) is 2. The summed E-state index contributed by atoms with van der Waals surface area (Å²) in [6.07, 6.45) is 1.78. The zero-order valence-corrected chi connectivity index (χ0v) is 9.20. The topological polar surface area (TPSA) is 62.3 Å². The van der Waals surface area contributed by atoms with Crippen molar-refractivity contribution in [1.82, 2.24) is 4.98 Å². The third-order valence-corrected chi connectivity index (χ3v) is 2.61. The van der Waals surface area contributed by atoms with Gasteiger partial charge < -0.3 is 14.8 Å². The molecule has 1 aromatic carbocycles. The SMILES string of the molecule is CCOc1cc(C(=O)O)c(C)c2cc[nH]c12. The summed E-state index contributed by atoms with van der Waals surface area (Å²) in [6.45, 7) is 4.18. The molecule has 0 aliphatic heterocycles. The molecular formula is C12H13NO3. The first kappa shape index (κ1) is 10.5. The van der Waals surface area contributed by atoms with Crippen LogP contribution in [-0.2, 0) is 0 Å². The second-order valence-electron chi connectivity index (χ2n) is 3.55. The molecule has 4 heteroatoms. The number of carboxylic acid groups (broad SMARTS) is 1. The van der Waals surface area contributed by atoms with Crippen LogP contribution in [0, 0.1) is 6.92 Å². The molecule has 0 amide bonds. The monoisotopic (exact) mass is 219 g/mol. The number of ether oxygens (including phenoxy) is 1. The molecule has 16 heavy (non-hydrogen) atoms. The Hall–Kier alpha value is -1.97. The van der Waals surface area contributed by atoms with Gasteiger partial charge in [0.05, 0.1) is 17.7 Å². The summed E-state index contributed by atoms with van der Waals surface area (Å²) in [5.74, 6) is -0.341. The molecule has 0 saturated carbocycles. The first-order chi connectivity index (χ1) is 7.65. The van der Waals surface area contributed by atoms with Crippen LogP contribution in [0.1, 0.15) is 22.8 Å². The van der Waals surface area contributed by atoms with Crippen LogP contribution in [0.25, 0.3) is 10.9 Å². The van der Waals surface area contributed by atoms with Crippen molar-refractivity contribution < 1.29 is 14.6 Å². The van der Waals surface area contributed by atoms with Gasteiger partial charge in [-0.3, -0.25) is 0 Å². The molecule has 0 saturated heterocycles. The zero-order chi connectivity index (χ0) is 11.7. The highest BCUT2D eigenvalue weighted by atomic mass is 16.5. The molecule has 0 fully saturated rings. The summed E-state index contributed by atoms with van der Waals surface area (Å²) >= 11 is 0. The number of benzene rings is 1. The highest BCUT2D eigenvalue weighted by Crippen LogP contribution is 2.30. The molecule has 1 heterocycles. The predicted molar refractivity (Wildman–Crippen MR) is 61.2 cm³/mol. The van der Waals surface area contributed by atoms with E-state index in [9.17, 15) is 4.79 Å². The van der Waals surface area contributed by atoms with Gasteiger partial charge in [0.2, 0.25) is 0 Å². The number of hydrogen-bond acceptors (Lipinski definition) is 2. The van der Waals surface area contributed by atoms with Crippen molar-refractivity contribution in [2.75, 3.05) is 6.61 Å². The van der Waals surface area contributed by atoms with Crippen LogP contribution >= 0.6 is 0 Å². The smallest absolute Gasteiger partial charge is 0.336 e. The lowest BCUT2D eigenvalue weighted by atomic mass is 10.0. The maximum atomic E-state index is 11.1. The third kappa shape index (κ3) is 1.52. The van der Waals surface area contributed by atoms with Gasteiger partial charge in [-0.2, -0.15) is 0 Å². The van der Waals surface area contributed by atoms with Gasteiger partial charge in [-0.1, -0.05) is 0 Å². The molecule has 0 aliphatic carbocycles. The Balaban J connectivity index is 2.74. The average Bonchev–Trinajstić information content (AvgIpc) is 2.71. The maximum Gasteiger partial charge on any atom is 0.336 e. The molecular weight excluding hydrogens is 206 g/mol. The molecule has 2 rings (SSSR count). The lowest BCUT2D eigenvalue weighted by Gasteiger charge is -2.09. The Kier molecular flexibility index (Phi) is 2.56. The average molecular weight is 219 g/mol. The van der Waals surface area contributed by atoms with E-state index in [1.54, 1.807) is 19.2 Å². The van der Waals surface area contributed by atoms with Crippen molar-refractivity contribution in [2.24, 2.45) is 0 Å². The van der Waals surface area contributed by atoms with Crippen molar-refractivity contribution in [3.05, 3.63) is 29.5 Å². The summed E-state index contributed by atoms with van der Waals surface area (Å²) in [6, 6.07) is 3.43. The number of aromatic nitrogens is 1. The van der Waals surface area contributed by atoms with Crippen LogP contribution in [0.3, 0.4) is 0 Å². The predicted octanol–water partition coefficient (Wildman–Crippen LogP) is 2.57. The Morgan fingerprint density at radius 1 is 1.56 bits per heavy atom. The van der Waals surface area contributed by atoms with Gasteiger partial charge in [0, 0.05) is 11.6 Å². The maximum absolute atomic E-state index is 11.1. The number of nitrogens with one attached hydrogen (secondary N) is 1. The lowest BCUT2D eigenvalue weighted by molar-refractivity contribution is 0.0696. The normalized spacial score (nSPS) is 10.6. The summed E-state index contributed by atoms with van der Waals surface area (Å²) < 4.78 is 5.43. The highest BCUT2D eigenvalue weighted by molar-refractivity contribution is 5.99. The fraction of sp³-hybridized carbons (Fsp3) is 0.250. The van der Waals surface area contributed by atoms with E-state index in [-0.39, 0.29) is 5.56 Å². The molecule has 0 unspecified atom stereocenters. The molecule has 4 nitrogen and oxygen atoms in total. The second kappa shape index (κ2) is 3.89. The van der Waals surface area contributed by atoms with E-state index in [1.165, 1.54) is 0 Å². The Morgan fingerprint density at radius 2 is 2.31 bits per heavy atom. The van der Waals surface area contributed by atoms with E-state index in [1.807, 2.05) is 13.0 Å². The number of carboxylic acids is 1. The van der Waals surface area contributed by atoms with Crippen molar-refractivity contribution >= 4 is 16.9 Å². The molecule has 0 spiro atoms. The van der Waals surface area contributed by atoms with Crippen molar-refractivity contribution in [2.45, 2.75) is 13.8 Å². The van der Waals surface area contributed by atoms with E-state index in [0.717, 1.165) is 16.5 Å².